The van der Waals surface area contributed by atoms with Crippen LogP contribution < -0.4 is 10.2 Å². The number of nitrogens with zero attached hydrogens (tertiary/aromatic N) is 1. The third-order valence-corrected chi connectivity index (χ3v) is 4.30. The van der Waals surface area contributed by atoms with Gasteiger partial charge in [-0.15, -0.1) is 0 Å². The minimum Gasteiger partial charge on any atom is -0.372 e. The number of anilines is 1. The van der Waals surface area contributed by atoms with E-state index in [9.17, 15) is 0 Å². The maximum atomic E-state index is 3.57. The quantitative estimate of drug-likeness (QED) is 0.879. The van der Waals surface area contributed by atoms with Gasteiger partial charge in [0.05, 0.1) is 0 Å². The summed E-state index contributed by atoms with van der Waals surface area (Å²) in [6.07, 6.45) is 7.99. The lowest BCUT2D eigenvalue weighted by Gasteiger charge is -2.29. The fourth-order valence-corrected chi connectivity index (χ4v) is 3.21. The van der Waals surface area contributed by atoms with Crippen LogP contribution in [0.4, 0.5) is 5.69 Å². The van der Waals surface area contributed by atoms with Crippen molar-refractivity contribution >= 4 is 5.69 Å². The van der Waals surface area contributed by atoms with Gasteiger partial charge in [0.2, 0.25) is 0 Å². The Labute approximate surface area is 110 Å². The topological polar surface area (TPSA) is 15.3 Å². The van der Waals surface area contributed by atoms with E-state index >= 15 is 0 Å². The molecule has 0 aromatic heterocycles. The van der Waals surface area contributed by atoms with Crippen molar-refractivity contribution in [1.29, 1.82) is 0 Å². The van der Waals surface area contributed by atoms with E-state index in [0.29, 0.717) is 6.04 Å². The fraction of sp³-hybridized carbons (Fsp3) is 0.625. The van der Waals surface area contributed by atoms with Gasteiger partial charge < -0.3 is 10.2 Å². The normalized spacial score (nSPS) is 24.4. The van der Waals surface area contributed by atoms with Gasteiger partial charge in [-0.1, -0.05) is 12.1 Å². The number of hydrogen-bond acceptors (Lipinski definition) is 2. The van der Waals surface area contributed by atoms with Crippen LogP contribution in [0.15, 0.2) is 24.3 Å². The van der Waals surface area contributed by atoms with Gasteiger partial charge in [-0.2, -0.15) is 0 Å². The Morgan fingerprint density at radius 1 is 1.00 bits per heavy atom. The molecule has 0 aliphatic carbocycles. The van der Waals surface area contributed by atoms with Gasteiger partial charge in [0, 0.05) is 24.8 Å². The van der Waals surface area contributed by atoms with Crippen molar-refractivity contribution in [3.8, 4) is 0 Å². The molecule has 98 valence electrons. The zero-order valence-corrected chi connectivity index (χ0v) is 11.2. The van der Waals surface area contributed by atoms with E-state index in [0.717, 1.165) is 0 Å². The summed E-state index contributed by atoms with van der Waals surface area (Å²) in [6, 6.07) is 9.99. The van der Waals surface area contributed by atoms with Gasteiger partial charge in [-0.25, -0.2) is 0 Å². The Balaban J connectivity index is 1.60. The van der Waals surface area contributed by atoms with Crippen LogP contribution in [0.1, 0.15) is 37.7 Å². The monoisotopic (exact) mass is 244 g/mol. The van der Waals surface area contributed by atoms with Crippen molar-refractivity contribution in [2.45, 2.75) is 44.6 Å². The van der Waals surface area contributed by atoms with Crippen molar-refractivity contribution in [2.75, 3.05) is 24.5 Å². The summed E-state index contributed by atoms with van der Waals surface area (Å²) in [5, 5.41) is 3.57. The van der Waals surface area contributed by atoms with Crippen LogP contribution in [0.2, 0.25) is 0 Å². The maximum Gasteiger partial charge on any atom is 0.0366 e. The summed E-state index contributed by atoms with van der Waals surface area (Å²) in [5.41, 5.74) is 2.90. The number of piperidine rings is 1. The molecule has 2 heterocycles. The van der Waals surface area contributed by atoms with Crippen LogP contribution in [0.5, 0.6) is 0 Å². The summed E-state index contributed by atoms with van der Waals surface area (Å²) < 4.78 is 0. The Kier molecular flexibility index (Phi) is 3.84. The number of hydrogen-bond donors (Lipinski definition) is 1. The molecule has 0 spiro atoms. The Hall–Kier alpha value is -1.02. The molecule has 2 saturated heterocycles. The molecule has 2 nitrogen and oxygen atoms in total. The average molecular weight is 244 g/mol. The van der Waals surface area contributed by atoms with Gasteiger partial charge >= 0.3 is 0 Å². The molecule has 3 rings (SSSR count). The zero-order chi connectivity index (χ0) is 12.2. The lowest BCUT2D eigenvalue weighted by Crippen LogP contribution is -2.29. The molecular weight excluding hydrogens is 220 g/mol. The van der Waals surface area contributed by atoms with Gasteiger partial charge in [-0.3, -0.25) is 0 Å². The molecule has 1 atom stereocenters. The molecule has 0 bridgehead atoms. The first-order chi connectivity index (χ1) is 8.92. The largest absolute Gasteiger partial charge is 0.372 e. The molecule has 18 heavy (non-hydrogen) atoms. The summed E-state index contributed by atoms with van der Waals surface area (Å²) in [5.74, 6) is 0. The summed E-state index contributed by atoms with van der Waals surface area (Å²) >= 11 is 0. The van der Waals surface area contributed by atoms with Crippen molar-refractivity contribution in [2.24, 2.45) is 0 Å². The highest BCUT2D eigenvalue weighted by Crippen LogP contribution is 2.21. The number of rotatable bonds is 3. The highest BCUT2D eigenvalue weighted by Gasteiger charge is 2.15. The van der Waals surface area contributed by atoms with Crippen LogP contribution in [0, 0.1) is 0 Å². The van der Waals surface area contributed by atoms with E-state index in [4.69, 9.17) is 0 Å². The second kappa shape index (κ2) is 5.75. The predicted molar refractivity (Wildman–Crippen MR) is 77.2 cm³/mol. The van der Waals surface area contributed by atoms with Crippen molar-refractivity contribution in [1.82, 2.24) is 5.32 Å². The molecule has 0 radical (unpaired) electrons. The molecule has 1 N–H and O–H groups in total. The van der Waals surface area contributed by atoms with Crippen molar-refractivity contribution in [3.63, 3.8) is 0 Å². The summed E-state index contributed by atoms with van der Waals surface area (Å²) in [7, 11) is 0. The second-order valence-electron chi connectivity index (χ2n) is 5.71. The van der Waals surface area contributed by atoms with E-state index in [1.165, 1.54) is 69.4 Å². The van der Waals surface area contributed by atoms with Gasteiger partial charge in [0.1, 0.15) is 0 Å². The second-order valence-corrected chi connectivity index (χ2v) is 5.71. The lowest BCUT2D eigenvalue weighted by atomic mass is 10.0. The highest BCUT2D eigenvalue weighted by atomic mass is 15.1. The predicted octanol–water partition coefficient (Wildman–Crippen LogP) is 2.97. The molecule has 0 saturated carbocycles. The molecule has 1 aromatic rings. The first-order valence-electron chi connectivity index (χ1n) is 7.49. The number of nitrogens with one attached hydrogen (secondary N) is 1. The molecule has 2 aliphatic heterocycles. The van der Waals surface area contributed by atoms with Gasteiger partial charge in [0.15, 0.2) is 0 Å². The molecular formula is C16H24N2. The highest BCUT2D eigenvalue weighted by molar-refractivity contribution is 5.48. The Morgan fingerprint density at radius 3 is 2.44 bits per heavy atom. The Morgan fingerprint density at radius 2 is 1.78 bits per heavy atom. The lowest BCUT2D eigenvalue weighted by molar-refractivity contribution is 0.577. The van der Waals surface area contributed by atoms with Crippen LogP contribution >= 0.6 is 0 Å². The third kappa shape index (κ3) is 2.86. The van der Waals surface area contributed by atoms with Crippen molar-refractivity contribution < 1.29 is 0 Å². The first-order valence-corrected chi connectivity index (χ1v) is 7.49. The van der Waals surface area contributed by atoms with Gasteiger partial charge in [-0.05, 0) is 62.8 Å². The van der Waals surface area contributed by atoms with Gasteiger partial charge in [0.25, 0.3) is 0 Å². The zero-order valence-electron chi connectivity index (χ0n) is 11.2. The SMILES string of the molecule is c1cc(N2CCCCC2)ccc1CC1CCCN1. The molecule has 2 fully saturated rings. The fourth-order valence-electron chi connectivity index (χ4n) is 3.21. The molecule has 1 unspecified atom stereocenters. The smallest absolute Gasteiger partial charge is 0.0366 e. The first kappa shape index (κ1) is 12.0. The maximum absolute atomic E-state index is 3.57. The van der Waals surface area contributed by atoms with E-state index < -0.39 is 0 Å². The minimum atomic E-state index is 0.714. The molecule has 2 aliphatic rings. The summed E-state index contributed by atoms with van der Waals surface area (Å²) in [4.78, 5) is 2.53. The van der Waals surface area contributed by atoms with E-state index in [-0.39, 0.29) is 0 Å². The van der Waals surface area contributed by atoms with Crippen molar-refractivity contribution in [3.05, 3.63) is 29.8 Å². The summed E-state index contributed by atoms with van der Waals surface area (Å²) in [6.45, 7) is 3.68. The number of benzene rings is 1. The van der Waals surface area contributed by atoms with E-state index in [2.05, 4.69) is 34.5 Å². The van der Waals surface area contributed by atoms with E-state index in [1.54, 1.807) is 0 Å². The Bertz CT molecular complexity index is 359. The van der Waals surface area contributed by atoms with Crippen LogP contribution in [-0.2, 0) is 6.42 Å². The van der Waals surface area contributed by atoms with Crippen LogP contribution in [-0.4, -0.2) is 25.7 Å². The van der Waals surface area contributed by atoms with E-state index in [1.807, 2.05) is 0 Å². The van der Waals surface area contributed by atoms with Crippen LogP contribution in [0.25, 0.3) is 0 Å². The average Bonchev–Trinajstić information content (AvgIpc) is 2.94. The minimum absolute atomic E-state index is 0.714. The molecule has 2 heteroatoms. The molecule has 0 amide bonds. The standard InChI is InChI=1S/C16H24N2/c1-2-11-18(12-3-1)16-8-6-14(7-9-16)13-15-5-4-10-17-15/h6-9,15,17H,1-5,10-13H2. The molecule has 1 aromatic carbocycles. The third-order valence-electron chi connectivity index (χ3n) is 4.30. The van der Waals surface area contributed by atoms with Crippen LogP contribution in [0.3, 0.4) is 0 Å².